The minimum atomic E-state index is -0.365. The molecular formula is C27H28N2O5S. The molecule has 8 heteroatoms. The third-order valence-corrected chi connectivity index (χ3v) is 5.98. The van der Waals surface area contributed by atoms with Gasteiger partial charge in [-0.25, -0.2) is 4.79 Å². The van der Waals surface area contributed by atoms with Crippen LogP contribution in [0.25, 0.3) is 0 Å². The van der Waals surface area contributed by atoms with E-state index in [4.69, 9.17) is 9.47 Å². The molecule has 0 aliphatic heterocycles. The van der Waals surface area contributed by atoms with Crippen LogP contribution in [0.4, 0.5) is 11.4 Å². The van der Waals surface area contributed by atoms with Crippen LogP contribution in [-0.2, 0) is 9.53 Å². The van der Waals surface area contributed by atoms with Gasteiger partial charge in [-0.1, -0.05) is 13.3 Å². The maximum atomic E-state index is 12.4. The Labute approximate surface area is 209 Å². The van der Waals surface area contributed by atoms with Crippen molar-refractivity contribution in [2.45, 2.75) is 24.7 Å². The second-order valence-electron chi connectivity index (χ2n) is 7.61. The average molecular weight is 493 g/mol. The molecule has 0 spiro atoms. The van der Waals surface area contributed by atoms with Gasteiger partial charge in [-0.15, -0.1) is 11.8 Å². The number of hydrogen-bond acceptors (Lipinski definition) is 6. The molecule has 3 aromatic rings. The van der Waals surface area contributed by atoms with E-state index >= 15 is 0 Å². The summed E-state index contributed by atoms with van der Waals surface area (Å²) in [5.41, 5.74) is 2.25. The maximum Gasteiger partial charge on any atom is 0.338 e. The molecule has 182 valence electrons. The summed E-state index contributed by atoms with van der Waals surface area (Å²) < 4.78 is 10.3. The van der Waals surface area contributed by atoms with Gasteiger partial charge in [0.05, 0.1) is 25.0 Å². The van der Waals surface area contributed by atoms with Gasteiger partial charge in [0.2, 0.25) is 5.91 Å². The number of benzene rings is 3. The van der Waals surface area contributed by atoms with Gasteiger partial charge in [-0.3, -0.25) is 9.59 Å². The first-order valence-electron chi connectivity index (χ1n) is 11.2. The summed E-state index contributed by atoms with van der Waals surface area (Å²) in [5, 5.41) is 5.66. The number of rotatable bonds is 11. The zero-order valence-corrected chi connectivity index (χ0v) is 20.5. The van der Waals surface area contributed by atoms with Gasteiger partial charge in [-0.2, -0.15) is 0 Å². The lowest BCUT2D eigenvalue weighted by Gasteiger charge is -2.08. The monoisotopic (exact) mass is 492 g/mol. The van der Waals surface area contributed by atoms with Crippen LogP contribution in [-0.4, -0.2) is 37.3 Å². The molecule has 0 fully saturated rings. The lowest BCUT2D eigenvalue weighted by atomic mass is 10.2. The molecule has 0 atom stereocenters. The Kier molecular flexibility index (Phi) is 9.74. The van der Waals surface area contributed by atoms with Crippen LogP contribution in [0.2, 0.25) is 0 Å². The molecule has 0 heterocycles. The summed E-state index contributed by atoms with van der Waals surface area (Å²) in [6, 6.07) is 20.8. The van der Waals surface area contributed by atoms with Crippen LogP contribution in [0.1, 0.15) is 40.5 Å². The third kappa shape index (κ3) is 8.19. The van der Waals surface area contributed by atoms with Gasteiger partial charge >= 0.3 is 5.97 Å². The quantitative estimate of drug-likeness (QED) is 0.205. The highest BCUT2D eigenvalue weighted by atomic mass is 32.2. The number of anilines is 2. The number of nitrogens with one attached hydrogen (secondary N) is 2. The van der Waals surface area contributed by atoms with Gasteiger partial charge in [0, 0.05) is 21.8 Å². The second-order valence-corrected chi connectivity index (χ2v) is 8.66. The Bertz CT molecular complexity index is 1130. The zero-order chi connectivity index (χ0) is 25.0. The van der Waals surface area contributed by atoms with Crippen molar-refractivity contribution in [3.63, 3.8) is 0 Å². The number of methoxy groups -OCH3 is 1. The topological polar surface area (TPSA) is 93.7 Å². The minimum absolute atomic E-state index is 0.162. The highest BCUT2D eigenvalue weighted by molar-refractivity contribution is 8.00. The van der Waals surface area contributed by atoms with Crippen molar-refractivity contribution in [2.24, 2.45) is 0 Å². The van der Waals surface area contributed by atoms with E-state index in [2.05, 4.69) is 10.6 Å². The predicted molar refractivity (Wildman–Crippen MR) is 138 cm³/mol. The standard InChI is InChI=1S/C27H28N2O5S/c1-3-4-17-34-27(32)20-5-9-21(10-6-20)28-25(30)18-35-24-15-11-22(12-16-24)29-26(31)19-7-13-23(33-2)14-8-19/h5-16H,3-4,17-18H2,1-2H3,(H,28,30)(H,29,31). The van der Waals surface area contributed by atoms with Crippen LogP contribution in [0, 0.1) is 0 Å². The summed E-state index contributed by atoms with van der Waals surface area (Å²) >= 11 is 1.38. The number of ether oxygens (including phenoxy) is 2. The van der Waals surface area contributed by atoms with Crippen molar-refractivity contribution in [3.8, 4) is 5.75 Å². The number of carbonyl (C=O) groups is 3. The lowest BCUT2D eigenvalue weighted by molar-refractivity contribution is -0.113. The molecule has 0 aromatic heterocycles. The molecule has 0 aliphatic carbocycles. The van der Waals surface area contributed by atoms with Gasteiger partial charge in [0.1, 0.15) is 5.75 Å². The lowest BCUT2D eigenvalue weighted by Crippen LogP contribution is -2.14. The van der Waals surface area contributed by atoms with E-state index < -0.39 is 0 Å². The first kappa shape index (κ1) is 25.8. The number of carbonyl (C=O) groups excluding carboxylic acids is 3. The van der Waals surface area contributed by atoms with Crippen molar-refractivity contribution in [2.75, 3.05) is 30.1 Å². The SMILES string of the molecule is CCCCOC(=O)c1ccc(NC(=O)CSc2ccc(NC(=O)c3ccc(OC)cc3)cc2)cc1. The van der Waals surface area contributed by atoms with Gasteiger partial charge in [-0.05, 0) is 79.2 Å². The van der Waals surface area contributed by atoms with E-state index in [0.717, 1.165) is 17.7 Å². The Morgan fingerprint density at radius 3 is 2.03 bits per heavy atom. The first-order chi connectivity index (χ1) is 17.0. The molecule has 35 heavy (non-hydrogen) atoms. The van der Waals surface area contributed by atoms with Gasteiger partial charge < -0.3 is 20.1 Å². The van der Waals surface area contributed by atoms with Crippen molar-refractivity contribution in [1.29, 1.82) is 0 Å². The van der Waals surface area contributed by atoms with Crippen molar-refractivity contribution in [3.05, 3.63) is 83.9 Å². The average Bonchev–Trinajstić information content (AvgIpc) is 2.89. The summed E-state index contributed by atoms with van der Waals surface area (Å²) in [5.74, 6) is 0.165. The molecule has 2 amide bonds. The minimum Gasteiger partial charge on any atom is -0.497 e. The molecule has 0 bridgehead atoms. The fourth-order valence-corrected chi connectivity index (χ4v) is 3.71. The largest absolute Gasteiger partial charge is 0.497 e. The van der Waals surface area contributed by atoms with Crippen LogP contribution < -0.4 is 15.4 Å². The highest BCUT2D eigenvalue weighted by Gasteiger charge is 2.09. The molecule has 0 radical (unpaired) electrons. The van der Waals surface area contributed by atoms with Crippen molar-refractivity contribution in [1.82, 2.24) is 0 Å². The molecule has 0 saturated heterocycles. The van der Waals surface area contributed by atoms with E-state index in [1.165, 1.54) is 11.8 Å². The van der Waals surface area contributed by atoms with Gasteiger partial charge in [0.15, 0.2) is 0 Å². The Morgan fingerprint density at radius 1 is 0.800 bits per heavy atom. The number of unbranched alkanes of at least 4 members (excludes halogenated alkanes) is 1. The van der Waals surface area contributed by atoms with E-state index in [1.54, 1.807) is 67.8 Å². The predicted octanol–water partition coefficient (Wildman–Crippen LogP) is 5.64. The number of hydrogen-bond donors (Lipinski definition) is 2. The summed E-state index contributed by atoms with van der Waals surface area (Å²) in [6.45, 7) is 2.43. The molecule has 0 unspecified atom stereocenters. The van der Waals surface area contributed by atoms with E-state index in [-0.39, 0.29) is 23.5 Å². The Balaban J connectivity index is 1.44. The first-order valence-corrected chi connectivity index (χ1v) is 12.2. The fourth-order valence-electron chi connectivity index (χ4n) is 3.01. The van der Waals surface area contributed by atoms with Crippen molar-refractivity contribution < 1.29 is 23.9 Å². The Morgan fingerprint density at radius 2 is 1.40 bits per heavy atom. The normalized spacial score (nSPS) is 10.3. The van der Waals surface area contributed by atoms with E-state index in [0.29, 0.717) is 34.9 Å². The Hall–Kier alpha value is -3.78. The van der Waals surface area contributed by atoms with Crippen molar-refractivity contribution >= 4 is 40.9 Å². The summed E-state index contributed by atoms with van der Waals surface area (Å²) in [7, 11) is 1.57. The van der Waals surface area contributed by atoms with Crippen LogP contribution in [0.15, 0.2) is 77.7 Å². The van der Waals surface area contributed by atoms with E-state index in [1.807, 2.05) is 19.1 Å². The summed E-state index contributed by atoms with van der Waals surface area (Å²) in [4.78, 5) is 37.5. The fraction of sp³-hybridized carbons (Fsp3) is 0.222. The number of amides is 2. The third-order valence-electron chi connectivity index (χ3n) is 4.97. The van der Waals surface area contributed by atoms with E-state index in [9.17, 15) is 14.4 Å². The molecule has 2 N–H and O–H groups in total. The molecular weight excluding hydrogens is 464 g/mol. The number of esters is 1. The molecule has 0 aliphatic rings. The molecule has 7 nitrogen and oxygen atoms in total. The number of thioether (sulfide) groups is 1. The molecule has 0 saturated carbocycles. The second kappa shape index (κ2) is 13.2. The van der Waals surface area contributed by atoms with Crippen LogP contribution in [0.3, 0.4) is 0 Å². The van der Waals surface area contributed by atoms with Crippen LogP contribution >= 0.6 is 11.8 Å². The zero-order valence-electron chi connectivity index (χ0n) is 19.7. The maximum absolute atomic E-state index is 12.4. The molecule has 3 aromatic carbocycles. The summed E-state index contributed by atoms with van der Waals surface area (Å²) in [6.07, 6.45) is 1.79. The highest BCUT2D eigenvalue weighted by Crippen LogP contribution is 2.22. The van der Waals surface area contributed by atoms with Gasteiger partial charge in [0.25, 0.3) is 5.91 Å². The molecule has 3 rings (SSSR count). The van der Waals surface area contributed by atoms with Crippen LogP contribution in [0.5, 0.6) is 5.75 Å². The smallest absolute Gasteiger partial charge is 0.338 e.